The lowest BCUT2D eigenvalue weighted by Gasteiger charge is -2.26. The van der Waals surface area contributed by atoms with Gasteiger partial charge in [-0.15, -0.1) is 0 Å². The zero-order valence-corrected chi connectivity index (χ0v) is 22.6. The van der Waals surface area contributed by atoms with Crippen LogP contribution in [0.5, 0.6) is 0 Å². The minimum atomic E-state index is -1.10. The number of hydrogen-bond donors (Lipinski definition) is 5. The third kappa shape index (κ3) is 14.4. The summed E-state index contributed by atoms with van der Waals surface area (Å²) in [5.41, 5.74) is 4.98. The third-order valence-corrected chi connectivity index (χ3v) is 5.89. The third-order valence-electron chi connectivity index (χ3n) is 5.89. The van der Waals surface area contributed by atoms with Gasteiger partial charge in [-0.25, -0.2) is 0 Å². The molecule has 0 aromatic heterocycles. The molecule has 0 saturated carbocycles. The molecular formula is C22H40B3N5O7. The van der Waals surface area contributed by atoms with Crippen molar-refractivity contribution in [2.45, 2.75) is 89.4 Å². The van der Waals surface area contributed by atoms with Gasteiger partial charge in [-0.3, -0.25) is 24.0 Å². The first-order valence-corrected chi connectivity index (χ1v) is 12.7. The molecule has 0 rings (SSSR count). The van der Waals surface area contributed by atoms with Crippen LogP contribution in [-0.4, -0.2) is 94.7 Å². The first kappa shape index (κ1) is 34.0. The van der Waals surface area contributed by atoms with E-state index in [4.69, 9.17) is 5.73 Å². The summed E-state index contributed by atoms with van der Waals surface area (Å²) >= 11 is 0. The Morgan fingerprint density at radius 1 is 0.757 bits per heavy atom. The molecule has 6 N–H and O–H groups in total. The molecule has 0 bridgehead atoms. The fourth-order valence-corrected chi connectivity index (χ4v) is 3.54. The second-order valence-corrected chi connectivity index (χ2v) is 9.10. The maximum atomic E-state index is 13.2. The Hall–Kier alpha value is -2.96. The Morgan fingerprint density at radius 3 is 1.65 bits per heavy atom. The van der Waals surface area contributed by atoms with Crippen molar-refractivity contribution in [1.82, 2.24) is 21.3 Å². The highest BCUT2D eigenvalue weighted by atomic mass is 16.2. The number of rotatable bonds is 20. The number of Topliss-reactive ketones (excluding diaryl/α,β-unsaturated/α-hetero) is 1. The van der Waals surface area contributed by atoms with E-state index < -0.39 is 47.8 Å². The van der Waals surface area contributed by atoms with Crippen LogP contribution in [-0.2, 0) is 33.6 Å². The summed E-state index contributed by atoms with van der Waals surface area (Å²) in [4.78, 5) is 85.1. The molecule has 37 heavy (non-hydrogen) atoms. The summed E-state index contributed by atoms with van der Waals surface area (Å²) in [6, 6.07) is -3.77. The maximum Gasteiger partial charge on any atom is 0.243 e. The quantitative estimate of drug-likeness (QED) is 0.100. The van der Waals surface area contributed by atoms with E-state index in [1.54, 1.807) is 14.8 Å². The van der Waals surface area contributed by atoms with Crippen molar-refractivity contribution >= 4 is 63.5 Å². The molecule has 0 aromatic carbocycles. The SMILES string of the molecule is BBC(=O)CCC(NC(=O)C(CCC(B)=O)NC)C(=O)NC(CCC)C(=O)NC(CCC(N)=O)C(C)=O. The highest BCUT2D eigenvalue weighted by molar-refractivity contribution is 7.08. The van der Waals surface area contributed by atoms with E-state index in [1.807, 2.05) is 6.92 Å². The van der Waals surface area contributed by atoms with Gasteiger partial charge in [0.2, 0.25) is 23.6 Å². The van der Waals surface area contributed by atoms with Gasteiger partial charge in [0.15, 0.2) is 20.8 Å². The van der Waals surface area contributed by atoms with Crippen LogP contribution in [0.4, 0.5) is 0 Å². The average Bonchev–Trinajstić information content (AvgIpc) is 2.83. The lowest BCUT2D eigenvalue weighted by molar-refractivity contribution is -0.134. The second-order valence-electron chi connectivity index (χ2n) is 9.10. The Morgan fingerprint density at radius 2 is 1.22 bits per heavy atom. The molecule has 12 nitrogen and oxygen atoms in total. The first-order chi connectivity index (χ1) is 17.4. The molecule has 4 unspecified atom stereocenters. The molecule has 0 spiro atoms. The average molecular weight is 519 g/mol. The van der Waals surface area contributed by atoms with Crippen LogP contribution in [0.15, 0.2) is 0 Å². The van der Waals surface area contributed by atoms with Gasteiger partial charge < -0.3 is 36.6 Å². The number of carbonyl (C=O) groups is 7. The second kappa shape index (κ2) is 18.3. The van der Waals surface area contributed by atoms with Gasteiger partial charge >= 0.3 is 0 Å². The molecule has 0 fully saturated rings. The molecule has 0 aliphatic heterocycles. The fourth-order valence-electron chi connectivity index (χ4n) is 3.54. The molecule has 0 aromatic rings. The lowest BCUT2D eigenvalue weighted by Crippen LogP contribution is -2.57. The topological polar surface area (TPSA) is 194 Å². The van der Waals surface area contributed by atoms with Gasteiger partial charge in [0.1, 0.15) is 12.1 Å². The van der Waals surface area contributed by atoms with Crippen LogP contribution in [0.25, 0.3) is 0 Å². The number of ketones is 1. The smallest absolute Gasteiger partial charge is 0.243 e. The summed E-state index contributed by atoms with van der Waals surface area (Å²) in [5, 5.41) is 10.6. The van der Waals surface area contributed by atoms with Gasteiger partial charge in [0.05, 0.1) is 31.2 Å². The number of carbonyl (C=O) groups excluding carboxylic acids is 7. The van der Waals surface area contributed by atoms with Crippen molar-refractivity contribution in [3.63, 3.8) is 0 Å². The highest BCUT2D eigenvalue weighted by Gasteiger charge is 2.30. The fraction of sp³-hybridized carbons (Fsp3) is 0.682. The molecule has 15 heteroatoms. The molecule has 4 atom stereocenters. The zero-order chi connectivity index (χ0) is 28.5. The summed E-state index contributed by atoms with van der Waals surface area (Å²) in [6.07, 6.45) is 1.22. The molecule has 0 heterocycles. The van der Waals surface area contributed by atoms with Crippen LogP contribution < -0.4 is 27.0 Å². The van der Waals surface area contributed by atoms with Crippen LogP contribution in [0, 0.1) is 0 Å². The molecule has 0 aliphatic rings. The maximum absolute atomic E-state index is 13.2. The zero-order valence-electron chi connectivity index (χ0n) is 22.6. The van der Waals surface area contributed by atoms with Crippen molar-refractivity contribution in [2.24, 2.45) is 5.73 Å². The Kier molecular flexibility index (Phi) is 16.9. The van der Waals surface area contributed by atoms with E-state index in [0.717, 1.165) is 0 Å². The predicted molar refractivity (Wildman–Crippen MR) is 145 cm³/mol. The van der Waals surface area contributed by atoms with Gasteiger partial charge in [-0.1, -0.05) is 13.3 Å². The molecular weight excluding hydrogens is 479 g/mol. The summed E-state index contributed by atoms with van der Waals surface area (Å²) in [6.45, 7) is 3.09. The standard InChI is InChI=1S/C22H40B3N5O7/c1-4-5-15(21(36)28-13(12(2)31)8-11-19(26)34)29-22(37)16(7-10-18(33)25-24)30-20(35)14(27-3)6-9-17(23)32/h13-16,25,27H,4-11,23-24H2,1-3H3,(H2,26,34)(H,28,36)(H,29,37)(H,30,35). The van der Waals surface area contributed by atoms with Crippen molar-refractivity contribution in [1.29, 1.82) is 0 Å². The molecule has 0 aliphatic carbocycles. The van der Waals surface area contributed by atoms with E-state index in [0.29, 0.717) is 6.42 Å². The van der Waals surface area contributed by atoms with Crippen LogP contribution in [0.1, 0.15) is 65.2 Å². The Bertz CT molecular complexity index is 843. The van der Waals surface area contributed by atoms with E-state index in [2.05, 4.69) is 21.3 Å². The number of nitrogens with two attached hydrogens (primary N) is 1. The predicted octanol–water partition coefficient (Wildman–Crippen LogP) is -4.09. The number of likely N-dealkylation sites (N-methyl/N-ethyl adjacent to an activating group) is 1. The van der Waals surface area contributed by atoms with Gasteiger partial charge in [0.25, 0.3) is 0 Å². The van der Waals surface area contributed by atoms with E-state index >= 15 is 0 Å². The van der Waals surface area contributed by atoms with E-state index in [9.17, 15) is 33.6 Å². The van der Waals surface area contributed by atoms with E-state index in [-0.39, 0.29) is 69.3 Å². The number of amides is 4. The monoisotopic (exact) mass is 519 g/mol. The molecule has 204 valence electrons. The summed E-state index contributed by atoms with van der Waals surface area (Å²) in [5.74, 6) is -2.73. The Balaban J connectivity index is 5.59. The lowest BCUT2D eigenvalue weighted by atomic mass is 9.52. The van der Waals surface area contributed by atoms with Crippen LogP contribution in [0.2, 0.25) is 0 Å². The number of nitrogens with one attached hydrogen (secondary N) is 4. The largest absolute Gasteiger partial charge is 0.370 e. The highest BCUT2D eigenvalue weighted by Crippen LogP contribution is 2.07. The van der Waals surface area contributed by atoms with Crippen molar-refractivity contribution in [2.75, 3.05) is 7.05 Å². The van der Waals surface area contributed by atoms with Crippen molar-refractivity contribution in [3.05, 3.63) is 0 Å². The molecule has 0 radical (unpaired) electrons. The minimum Gasteiger partial charge on any atom is -0.370 e. The van der Waals surface area contributed by atoms with Crippen molar-refractivity contribution < 1.29 is 33.6 Å². The normalized spacial score (nSPS) is 13.8. The number of hydrogen-bond acceptors (Lipinski definition) is 8. The summed E-state index contributed by atoms with van der Waals surface area (Å²) < 4.78 is 0. The van der Waals surface area contributed by atoms with Gasteiger partial charge in [-0.2, -0.15) is 0 Å². The summed E-state index contributed by atoms with van der Waals surface area (Å²) in [7, 11) is 4.95. The van der Waals surface area contributed by atoms with Gasteiger partial charge in [-0.05, 0) is 52.5 Å². The Labute approximate surface area is 220 Å². The molecule has 4 amide bonds. The van der Waals surface area contributed by atoms with Crippen LogP contribution >= 0.6 is 0 Å². The molecule has 0 saturated heterocycles. The van der Waals surface area contributed by atoms with Crippen molar-refractivity contribution in [3.8, 4) is 0 Å². The first-order valence-electron chi connectivity index (χ1n) is 12.7. The number of primary amides is 1. The minimum absolute atomic E-state index is 0.0303. The van der Waals surface area contributed by atoms with Gasteiger partial charge in [0, 0.05) is 6.42 Å². The van der Waals surface area contributed by atoms with Crippen LogP contribution in [0.3, 0.4) is 0 Å². The van der Waals surface area contributed by atoms with E-state index in [1.165, 1.54) is 14.8 Å².